The molecule has 1 aliphatic rings. The van der Waals surface area contributed by atoms with Crippen molar-refractivity contribution in [2.45, 2.75) is 25.9 Å². The molecule has 0 aromatic carbocycles. The summed E-state index contributed by atoms with van der Waals surface area (Å²) in [5.41, 5.74) is 1.24. The monoisotopic (exact) mass is 205 g/mol. The Bertz CT molecular complexity index is 300. The first-order valence-electron chi connectivity index (χ1n) is 5.55. The molecule has 2 rings (SSSR count). The molecule has 1 aromatic heterocycles. The molecule has 0 aliphatic carbocycles. The minimum absolute atomic E-state index is 0.558. The third-order valence-electron chi connectivity index (χ3n) is 3.05. The molecule has 1 aliphatic heterocycles. The van der Waals surface area contributed by atoms with E-state index in [0.717, 1.165) is 13.1 Å². The van der Waals surface area contributed by atoms with E-state index >= 15 is 0 Å². The summed E-state index contributed by atoms with van der Waals surface area (Å²) in [6, 6.07) is 5.27. The van der Waals surface area contributed by atoms with Gasteiger partial charge in [0, 0.05) is 31.4 Å². The molecule has 0 radical (unpaired) electrons. The highest BCUT2D eigenvalue weighted by molar-refractivity contribution is 5.46. The van der Waals surface area contributed by atoms with Crippen molar-refractivity contribution in [2.24, 2.45) is 0 Å². The number of likely N-dealkylation sites (N-methyl/N-ethyl adjacent to an activating group) is 1. The van der Waals surface area contributed by atoms with Gasteiger partial charge in [-0.15, -0.1) is 0 Å². The maximum atomic E-state index is 4.19. The van der Waals surface area contributed by atoms with Crippen LogP contribution in [0.25, 0.3) is 0 Å². The fraction of sp³-hybridized carbons (Fsp3) is 0.583. The Morgan fingerprint density at radius 3 is 2.47 bits per heavy atom. The highest BCUT2D eigenvalue weighted by Crippen LogP contribution is 2.22. The smallest absolute Gasteiger partial charge is 0.0558 e. The second-order valence-electron chi connectivity index (χ2n) is 4.54. The van der Waals surface area contributed by atoms with Gasteiger partial charge in [0.05, 0.1) is 11.9 Å². The molecule has 0 amide bonds. The molecule has 0 N–H and O–H groups in total. The average Bonchev–Trinajstić information content (AvgIpc) is 2.17. The zero-order valence-electron chi connectivity index (χ0n) is 9.72. The van der Waals surface area contributed by atoms with Crippen molar-refractivity contribution in [2.75, 3.05) is 25.0 Å². The predicted molar refractivity (Wildman–Crippen MR) is 63.1 cm³/mol. The van der Waals surface area contributed by atoms with Crippen LogP contribution in [-0.2, 0) is 0 Å². The van der Waals surface area contributed by atoms with Gasteiger partial charge in [0.1, 0.15) is 0 Å². The standard InChI is InChI=1S/C12H19N3/c1-10-8-14(3)9-11(2)15(10)12-5-4-6-13-7-12/h4-7,10-11H,8-9H2,1-3H3. The highest BCUT2D eigenvalue weighted by atomic mass is 15.3. The van der Waals surface area contributed by atoms with Crippen molar-refractivity contribution in [1.29, 1.82) is 0 Å². The first-order chi connectivity index (χ1) is 7.18. The summed E-state index contributed by atoms with van der Waals surface area (Å²) in [5.74, 6) is 0. The molecule has 2 atom stereocenters. The van der Waals surface area contributed by atoms with Crippen LogP contribution >= 0.6 is 0 Å². The number of hydrogen-bond donors (Lipinski definition) is 0. The molecule has 15 heavy (non-hydrogen) atoms. The van der Waals surface area contributed by atoms with E-state index in [1.54, 1.807) is 0 Å². The summed E-state index contributed by atoms with van der Waals surface area (Å²) < 4.78 is 0. The van der Waals surface area contributed by atoms with Crippen LogP contribution < -0.4 is 4.90 Å². The van der Waals surface area contributed by atoms with Gasteiger partial charge in [-0.2, -0.15) is 0 Å². The largest absolute Gasteiger partial charge is 0.362 e. The van der Waals surface area contributed by atoms with Crippen LogP contribution in [-0.4, -0.2) is 42.1 Å². The minimum Gasteiger partial charge on any atom is -0.362 e. The normalized spacial score (nSPS) is 28.1. The summed E-state index contributed by atoms with van der Waals surface area (Å²) in [4.78, 5) is 9.05. The quantitative estimate of drug-likeness (QED) is 0.694. The second-order valence-corrected chi connectivity index (χ2v) is 4.54. The topological polar surface area (TPSA) is 19.4 Å². The maximum Gasteiger partial charge on any atom is 0.0558 e. The third-order valence-corrected chi connectivity index (χ3v) is 3.05. The van der Waals surface area contributed by atoms with E-state index < -0.39 is 0 Å². The first-order valence-corrected chi connectivity index (χ1v) is 5.55. The highest BCUT2D eigenvalue weighted by Gasteiger charge is 2.27. The first kappa shape index (κ1) is 10.4. The van der Waals surface area contributed by atoms with E-state index in [1.807, 2.05) is 18.5 Å². The summed E-state index contributed by atoms with van der Waals surface area (Å²) in [6.07, 6.45) is 3.78. The van der Waals surface area contributed by atoms with Crippen LogP contribution in [0.1, 0.15) is 13.8 Å². The minimum atomic E-state index is 0.558. The number of hydrogen-bond acceptors (Lipinski definition) is 3. The zero-order chi connectivity index (χ0) is 10.8. The van der Waals surface area contributed by atoms with Crippen molar-refractivity contribution >= 4 is 5.69 Å². The SMILES string of the molecule is CC1CN(C)CC(C)N1c1cccnc1. The Balaban J connectivity index is 2.21. The van der Waals surface area contributed by atoms with Gasteiger partial charge < -0.3 is 9.80 Å². The molecule has 3 heteroatoms. The summed E-state index contributed by atoms with van der Waals surface area (Å²) in [5, 5.41) is 0. The number of pyridine rings is 1. The van der Waals surface area contributed by atoms with E-state index in [0.29, 0.717) is 12.1 Å². The van der Waals surface area contributed by atoms with Crippen LogP contribution in [0.15, 0.2) is 24.5 Å². The number of aromatic nitrogens is 1. The predicted octanol–water partition coefficient (Wildman–Crippen LogP) is 1.61. The van der Waals surface area contributed by atoms with Crippen LogP contribution in [0.3, 0.4) is 0 Å². The summed E-state index contributed by atoms with van der Waals surface area (Å²) in [7, 11) is 2.19. The van der Waals surface area contributed by atoms with Gasteiger partial charge in [0.2, 0.25) is 0 Å². The van der Waals surface area contributed by atoms with Gasteiger partial charge >= 0.3 is 0 Å². The van der Waals surface area contributed by atoms with Crippen molar-refractivity contribution in [3.8, 4) is 0 Å². The second kappa shape index (κ2) is 4.19. The molecular weight excluding hydrogens is 186 g/mol. The fourth-order valence-electron chi connectivity index (χ4n) is 2.60. The Hall–Kier alpha value is -1.09. The van der Waals surface area contributed by atoms with Crippen LogP contribution in [0.2, 0.25) is 0 Å². The molecule has 3 nitrogen and oxygen atoms in total. The van der Waals surface area contributed by atoms with Crippen molar-refractivity contribution in [1.82, 2.24) is 9.88 Å². The third kappa shape index (κ3) is 2.12. The zero-order valence-corrected chi connectivity index (χ0v) is 9.72. The van der Waals surface area contributed by atoms with Gasteiger partial charge in [-0.25, -0.2) is 0 Å². The Morgan fingerprint density at radius 2 is 1.93 bits per heavy atom. The fourth-order valence-corrected chi connectivity index (χ4v) is 2.60. The lowest BCUT2D eigenvalue weighted by Gasteiger charge is -2.44. The van der Waals surface area contributed by atoms with Gasteiger partial charge in [-0.3, -0.25) is 4.98 Å². The van der Waals surface area contributed by atoms with Gasteiger partial charge in [-0.1, -0.05) is 0 Å². The van der Waals surface area contributed by atoms with Crippen molar-refractivity contribution in [3.63, 3.8) is 0 Å². The molecule has 82 valence electrons. The molecule has 0 bridgehead atoms. The van der Waals surface area contributed by atoms with Gasteiger partial charge in [-0.05, 0) is 33.0 Å². The molecule has 1 aromatic rings. The number of piperazine rings is 1. The summed E-state index contributed by atoms with van der Waals surface area (Å²) in [6.45, 7) is 6.80. The van der Waals surface area contributed by atoms with Crippen molar-refractivity contribution in [3.05, 3.63) is 24.5 Å². The molecule has 0 spiro atoms. The van der Waals surface area contributed by atoms with E-state index in [9.17, 15) is 0 Å². The lowest BCUT2D eigenvalue weighted by Crippen LogP contribution is -2.55. The van der Waals surface area contributed by atoms with Gasteiger partial charge in [0.25, 0.3) is 0 Å². The van der Waals surface area contributed by atoms with Gasteiger partial charge in [0.15, 0.2) is 0 Å². The molecule has 1 fully saturated rings. The van der Waals surface area contributed by atoms with Crippen LogP contribution in [0.5, 0.6) is 0 Å². The van der Waals surface area contributed by atoms with Crippen molar-refractivity contribution < 1.29 is 0 Å². The van der Waals surface area contributed by atoms with E-state index in [4.69, 9.17) is 0 Å². The molecule has 2 unspecified atom stereocenters. The van der Waals surface area contributed by atoms with Crippen LogP contribution in [0, 0.1) is 0 Å². The summed E-state index contributed by atoms with van der Waals surface area (Å²) >= 11 is 0. The van der Waals surface area contributed by atoms with E-state index in [1.165, 1.54) is 5.69 Å². The molecular formula is C12H19N3. The number of nitrogens with zero attached hydrogens (tertiary/aromatic N) is 3. The number of rotatable bonds is 1. The van der Waals surface area contributed by atoms with E-state index in [2.05, 4.69) is 41.7 Å². The maximum absolute atomic E-state index is 4.19. The lowest BCUT2D eigenvalue weighted by molar-refractivity contribution is 0.240. The Labute approximate surface area is 91.7 Å². The number of anilines is 1. The molecule has 1 saturated heterocycles. The average molecular weight is 205 g/mol. The lowest BCUT2D eigenvalue weighted by atomic mass is 10.1. The molecule has 2 heterocycles. The molecule has 0 saturated carbocycles. The Morgan fingerprint density at radius 1 is 1.27 bits per heavy atom. The Kier molecular flexibility index (Phi) is 2.91. The van der Waals surface area contributed by atoms with Crippen LogP contribution in [0.4, 0.5) is 5.69 Å². The van der Waals surface area contributed by atoms with E-state index in [-0.39, 0.29) is 0 Å².